The zero-order valence-corrected chi connectivity index (χ0v) is 3.94. The topological polar surface area (TPSA) is 87.0 Å². The lowest BCUT2D eigenvalue weighted by Crippen LogP contribution is -1.93. The summed E-state index contributed by atoms with van der Waals surface area (Å²) >= 11 is 0. The molecule has 0 rings (SSSR count). The normalized spacial score (nSPS) is 9.83. The third kappa shape index (κ3) is 10.3. The van der Waals surface area contributed by atoms with E-state index in [0.717, 1.165) is 0 Å². The molecule has 0 aliphatic rings. The SMILES string of the molecule is C/C(N)=C/N.N.[HH]. The average molecular weight is 91.2 g/mol. The van der Waals surface area contributed by atoms with Crippen LogP contribution in [0.2, 0.25) is 0 Å². The van der Waals surface area contributed by atoms with Crippen LogP contribution in [0, 0.1) is 0 Å². The van der Waals surface area contributed by atoms with Gasteiger partial charge < -0.3 is 17.6 Å². The van der Waals surface area contributed by atoms with E-state index in [-0.39, 0.29) is 7.58 Å². The van der Waals surface area contributed by atoms with Crippen LogP contribution >= 0.6 is 0 Å². The summed E-state index contributed by atoms with van der Waals surface area (Å²) in [6, 6.07) is 0. The van der Waals surface area contributed by atoms with Crippen molar-refractivity contribution in [1.82, 2.24) is 6.15 Å². The fourth-order valence-electron chi connectivity index (χ4n) is 0. The van der Waals surface area contributed by atoms with Gasteiger partial charge in [-0.2, -0.15) is 0 Å². The fourth-order valence-corrected chi connectivity index (χ4v) is 0. The Morgan fingerprint density at radius 2 is 2.00 bits per heavy atom. The lowest BCUT2D eigenvalue weighted by molar-refractivity contribution is 1.28. The van der Waals surface area contributed by atoms with Gasteiger partial charge >= 0.3 is 0 Å². The van der Waals surface area contributed by atoms with Crippen LogP contribution in [-0.2, 0) is 0 Å². The van der Waals surface area contributed by atoms with Crippen LogP contribution in [0.5, 0.6) is 0 Å². The Hall–Kier alpha value is -0.700. The first-order valence-corrected chi connectivity index (χ1v) is 1.41. The zero-order valence-electron chi connectivity index (χ0n) is 3.94. The fraction of sp³-hybridized carbons (Fsp3) is 0.333. The lowest BCUT2D eigenvalue weighted by Gasteiger charge is -1.76. The van der Waals surface area contributed by atoms with Crippen molar-refractivity contribution in [2.45, 2.75) is 6.92 Å². The highest BCUT2D eigenvalue weighted by Crippen LogP contribution is 1.65. The average Bonchev–Trinajstić information content (AvgIpc) is 1.38. The summed E-state index contributed by atoms with van der Waals surface area (Å²) in [5, 5.41) is 0. The minimum Gasteiger partial charge on any atom is -0.403 e. The molecule has 0 unspecified atom stereocenters. The number of allylic oxidation sites excluding steroid dienone is 1. The molecule has 3 heteroatoms. The molecular weight excluding hydrogens is 78.1 g/mol. The van der Waals surface area contributed by atoms with Crippen molar-refractivity contribution in [3.63, 3.8) is 0 Å². The van der Waals surface area contributed by atoms with E-state index in [0.29, 0.717) is 5.70 Å². The van der Waals surface area contributed by atoms with E-state index in [4.69, 9.17) is 11.5 Å². The molecule has 7 N–H and O–H groups in total. The molecule has 0 saturated carbocycles. The van der Waals surface area contributed by atoms with Crippen molar-refractivity contribution in [2.75, 3.05) is 0 Å². The van der Waals surface area contributed by atoms with E-state index < -0.39 is 0 Å². The molecule has 0 radical (unpaired) electrons. The molecule has 0 aromatic heterocycles. The van der Waals surface area contributed by atoms with Crippen LogP contribution < -0.4 is 17.6 Å². The molecule has 3 nitrogen and oxygen atoms in total. The van der Waals surface area contributed by atoms with Crippen LogP contribution in [-0.4, -0.2) is 0 Å². The number of rotatable bonds is 0. The van der Waals surface area contributed by atoms with Gasteiger partial charge in [0.15, 0.2) is 0 Å². The summed E-state index contributed by atoms with van der Waals surface area (Å²) in [6.45, 7) is 1.74. The van der Waals surface area contributed by atoms with Crippen LogP contribution in [0.4, 0.5) is 0 Å². The van der Waals surface area contributed by atoms with E-state index >= 15 is 0 Å². The summed E-state index contributed by atoms with van der Waals surface area (Å²) in [7, 11) is 0. The largest absolute Gasteiger partial charge is 0.403 e. The quantitative estimate of drug-likeness (QED) is 0.397. The Kier molecular flexibility index (Phi) is 6.45. The third-order valence-electron chi connectivity index (χ3n) is 0.263. The van der Waals surface area contributed by atoms with Crippen molar-refractivity contribution in [2.24, 2.45) is 11.5 Å². The minimum atomic E-state index is 0. The molecule has 0 atom stereocenters. The van der Waals surface area contributed by atoms with Crippen molar-refractivity contribution in [1.29, 1.82) is 0 Å². The number of nitrogens with two attached hydrogens (primary N) is 2. The van der Waals surface area contributed by atoms with Gasteiger partial charge in [0.2, 0.25) is 0 Å². The van der Waals surface area contributed by atoms with E-state index in [9.17, 15) is 0 Å². The molecule has 0 aromatic rings. The minimum absolute atomic E-state index is 0. The molecule has 0 aliphatic heterocycles. The Bertz CT molecular complexity index is 48.1. The van der Waals surface area contributed by atoms with E-state index in [1.807, 2.05) is 0 Å². The predicted octanol–water partition coefficient (Wildman–Crippen LogP) is 0.173. The molecule has 40 valence electrons. The monoisotopic (exact) mass is 91.1 g/mol. The maximum absolute atomic E-state index is 5.03. The Labute approximate surface area is 39.1 Å². The molecular formula is C3H13N3. The van der Waals surface area contributed by atoms with Crippen molar-refractivity contribution < 1.29 is 1.43 Å². The molecule has 0 spiro atoms. The maximum atomic E-state index is 5.03. The highest BCUT2D eigenvalue weighted by molar-refractivity contribution is 4.85. The van der Waals surface area contributed by atoms with Gasteiger partial charge in [0.1, 0.15) is 0 Å². The molecule has 0 amide bonds. The molecule has 0 aliphatic carbocycles. The second-order valence-corrected chi connectivity index (χ2v) is 0.911. The van der Waals surface area contributed by atoms with E-state index in [2.05, 4.69) is 0 Å². The highest BCUT2D eigenvalue weighted by atomic mass is 14.6. The summed E-state index contributed by atoms with van der Waals surface area (Å²) in [4.78, 5) is 0. The van der Waals surface area contributed by atoms with Gasteiger partial charge in [0, 0.05) is 13.3 Å². The van der Waals surface area contributed by atoms with Crippen LogP contribution in [0.15, 0.2) is 11.9 Å². The summed E-state index contributed by atoms with van der Waals surface area (Å²) < 4.78 is 0. The van der Waals surface area contributed by atoms with Gasteiger partial charge in [0.25, 0.3) is 0 Å². The van der Waals surface area contributed by atoms with Gasteiger partial charge in [-0.25, -0.2) is 0 Å². The molecule has 0 bridgehead atoms. The first kappa shape index (κ1) is 9.00. The number of hydrogen-bond donors (Lipinski definition) is 3. The Morgan fingerprint density at radius 3 is 2.00 bits per heavy atom. The molecule has 0 fully saturated rings. The first-order chi connectivity index (χ1) is 2.27. The van der Waals surface area contributed by atoms with Gasteiger partial charge in [-0.1, -0.05) is 0 Å². The standard InChI is InChI=1S/C3H8N2.H3N.H2/c1-3(5)2-4;;/h2H,4-5H2,1H3;1H3;1H/b3-2-;;. The van der Waals surface area contributed by atoms with E-state index in [1.54, 1.807) is 6.92 Å². The van der Waals surface area contributed by atoms with Crippen LogP contribution in [0.25, 0.3) is 0 Å². The second-order valence-electron chi connectivity index (χ2n) is 0.911. The van der Waals surface area contributed by atoms with Gasteiger partial charge in [-0.15, -0.1) is 0 Å². The van der Waals surface area contributed by atoms with E-state index in [1.165, 1.54) is 6.20 Å². The summed E-state index contributed by atoms with van der Waals surface area (Å²) in [5.41, 5.74) is 10.6. The Morgan fingerprint density at radius 1 is 1.83 bits per heavy atom. The Balaban J connectivity index is -0.0000000800. The maximum Gasteiger partial charge on any atom is 0.0206 e. The summed E-state index contributed by atoms with van der Waals surface area (Å²) in [6.07, 6.45) is 1.36. The number of hydrogen-bond acceptors (Lipinski definition) is 3. The van der Waals surface area contributed by atoms with Gasteiger partial charge in [0.05, 0.1) is 0 Å². The molecule has 6 heavy (non-hydrogen) atoms. The highest BCUT2D eigenvalue weighted by Gasteiger charge is 1.60. The van der Waals surface area contributed by atoms with Gasteiger partial charge in [-0.05, 0) is 6.92 Å². The molecule has 0 aromatic carbocycles. The van der Waals surface area contributed by atoms with Gasteiger partial charge in [-0.3, -0.25) is 0 Å². The first-order valence-electron chi connectivity index (χ1n) is 1.41. The van der Waals surface area contributed by atoms with Crippen molar-refractivity contribution in [3.05, 3.63) is 11.9 Å². The predicted molar refractivity (Wildman–Crippen MR) is 29.3 cm³/mol. The van der Waals surface area contributed by atoms with Crippen LogP contribution in [0.1, 0.15) is 8.35 Å². The smallest absolute Gasteiger partial charge is 0.0206 e. The lowest BCUT2D eigenvalue weighted by atomic mass is 10.6. The zero-order chi connectivity index (χ0) is 4.28. The third-order valence-corrected chi connectivity index (χ3v) is 0.263. The summed E-state index contributed by atoms with van der Waals surface area (Å²) in [5.74, 6) is 0. The second kappa shape index (κ2) is 4.30. The molecule has 0 heterocycles. The van der Waals surface area contributed by atoms with Crippen LogP contribution in [0.3, 0.4) is 0 Å². The van der Waals surface area contributed by atoms with Crippen molar-refractivity contribution in [3.8, 4) is 0 Å². The van der Waals surface area contributed by atoms with Crippen molar-refractivity contribution >= 4 is 0 Å². The molecule has 0 saturated heterocycles.